The molecule has 5 amide bonds. The summed E-state index contributed by atoms with van der Waals surface area (Å²) < 4.78 is 23.3. The normalized spacial score (nSPS) is 12.4. The lowest BCUT2D eigenvalue weighted by molar-refractivity contribution is -0.145. The maximum atomic E-state index is 12.3. The zero-order valence-corrected chi connectivity index (χ0v) is 40.8. The minimum atomic E-state index is -0.903. The third-order valence-electron chi connectivity index (χ3n) is 9.43. The van der Waals surface area contributed by atoms with Crippen LogP contribution < -0.4 is 26.6 Å². The van der Waals surface area contributed by atoms with E-state index in [4.69, 9.17) is 9.47 Å². The van der Waals surface area contributed by atoms with Crippen molar-refractivity contribution in [3.63, 3.8) is 0 Å². The van der Waals surface area contributed by atoms with Gasteiger partial charge in [-0.05, 0) is 68.5 Å². The Kier molecular flexibility index (Phi) is 29.7. The average Bonchev–Trinajstić information content (AvgIpc) is 3.38. The van der Waals surface area contributed by atoms with Crippen molar-refractivity contribution < 1.29 is 71.6 Å². The Morgan fingerprint density at radius 3 is 0.789 bits per heavy atom. The standard InChI is InChI=1S/C24H26N2O6.C14H22N2O6.C13H15NO3/c1-31-23(29)19(25-21(27)17-11-5-3-6-12-17)15-9-10-16-20(24(30)32-2)26-22(28)18-13-7-4-8-14-18;1-9(17)15-11(13(19)21-3)7-5-6-8-12(14(20)22-4)16-10(2)18;1-3-7-11(13(16)17-2)14-12(15)10-8-5-4-6-9-10/h3-14,19-20H,15-16H2,1-2H3,(H,25,27)(H,26,28);5-6,11-12H,7-8H2,1-4H3,(H,15,17)(H,16,18);3-6,8-9,11H,1,7H2,2H3,(H,14,15)/t19-,20-;11-,12-;11-/m000/s1. The van der Waals surface area contributed by atoms with Gasteiger partial charge in [0.25, 0.3) is 17.7 Å². The number of rotatable bonds is 23. The molecule has 5 N–H and O–H groups in total. The van der Waals surface area contributed by atoms with Crippen molar-refractivity contribution in [3.05, 3.63) is 145 Å². The second-order valence-electron chi connectivity index (χ2n) is 14.7. The smallest absolute Gasteiger partial charge is 0.328 e. The van der Waals surface area contributed by atoms with E-state index in [-0.39, 0.29) is 43.4 Å². The highest BCUT2D eigenvalue weighted by atomic mass is 16.5. The average molecular weight is 986 g/mol. The number of amides is 5. The molecule has 0 aliphatic heterocycles. The molecule has 3 aromatic carbocycles. The fourth-order valence-corrected chi connectivity index (χ4v) is 5.86. The third kappa shape index (κ3) is 24.4. The molecule has 0 saturated carbocycles. The number of hydrogen-bond donors (Lipinski definition) is 5. The van der Waals surface area contributed by atoms with Crippen LogP contribution in [0.5, 0.6) is 0 Å². The van der Waals surface area contributed by atoms with Gasteiger partial charge in [-0.25, -0.2) is 24.0 Å². The lowest BCUT2D eigenvalue weighted by atomic mass is 10.1. The molecule has 5 atom stereocenters. The van der Waals surface area contributed by atoms with Gasteiger partial charge in [0.2, 0.25) is 11.8 Å². The summed E-state index contributed by atoms with van der Waals surface area (Å²) in [7, 11) is 6.21. The summed E-state index contributed by atoms with van der Waals surface area (Å²) in [5.41, 5.74) is 1.34. The first-order valence-electron chi connectivity index (χ1n) is 21.9. The second kappa shape index (κ2) is 34.8. The Morgan fingerprint density at radius 2 is 0.592 bits per heavy atom. The van der Waals surface area contributed by atoms with Crippen LogP contribution in [0.3, 0.4) is 0 Å². The van der Waals surface area contributed by atoms with Crippen molar-refractivity contribution in [2.45, 2.75) is 76.2 Å². The summed E-state index contributed by atoms with van der Waals surface area (Å²) in [6.07, 6.45) is 9.12. The number of carbonyl (C=O) groups excluding carboxylic acids is 10. The number of esters is 5. The van der Waals surface area contributed by atoms with Crippen LogP contribution in [-0.4, -0.2) is 125 Å². The maximum absolute atomic E-state index is 12.3. The van der Waals surface area contributed by atoms with Crippen LogP contribution in [0.2, 0.25) is 0 Å². The monoisotopic (exact) mass is 985 g/mol. The highest BCUT2D eigenvalue weighted by molar-refractivity contribution is 5.98. The molecule has 3 rings (SSSR count). The second-order valence-corrected chi connectivity index (χ2v) is 14.7. The summed E-state index contributed by atoms with van der Waals surface area (Å²) in [4.78, 5) is 117. The van der Waals surface area contributed by atoms with Crippen LogP contribution in [0, 0.1) is 0 Å². The van der Waals surface area contributed by atoms with E-state index in [1.165, 1.54) is 49.4 Å². The highest BCUT2D eigenvalue weighted by Crippen LogP contribution is 2.08. The molecule has 3 aromatic rings. The molecule has 0 saturated heterocycles. The van der Waals surface area contributed by atoms with Gasteiger partial charge in [-0.3, -0.25) is 24.0 Å². The van der Waals surface area contributed by atoms with Gasteiger partial charge < -0.3 is 50.3 Å². The molecule has 71 heavy (non-hydrogen) atoms. The van der Waals surface area contributed by atoms with Gasteiger partial charge in [0.15, 0.2) is 0 Å². The Labute approximate surface area is 412 Å². The molecule has 0 spiro atoms. The molecule has 0 bridgehead atoms. The first-order chi connectivity index (χ1) is 34.0. The molecule has 0 fully saturated rings. The summed E-state index contributed by atoms with van der Waals surface area (Å²) in [5.74, 6) is -4.62. The maximum Gasteiger partial charge on any atom is 0.328 e. The molecule has 0 unspecified atom stereocenters. The van der Waals surface area contributed by atoms with Gasteiger partial charge in [0, 0.05) is 30.5 Å². The Bertz CT molecular complexity index is 2150. The van der Waals surface area contributed by atoms with Gasteiger partial charge in [0.05, 0.1) is 35.5 Å². The number of ether oxygens (including phenoxy) is 5. The first kappa shape index (κ1) is 60.6. The third-order valence-corrected chi connectivity index (χ3v) is 9.43. The van der Waals surface area contributed by atoms with Gasteiger partial charge >= 0.3 is 29.8 Å². The SMILES string of the molecule is C=CC[C@H](NC(=O)c1ccccc1)C(=O)OC.COC(=O)[C@H](CC=CC[C@H](NC(=O)c1ccccc1)C(=O)OC)NC(=O)c1ccccc1.COC(=O)[C@H](CC=CC[C@H](NC(C)=O)C(=O)OC)NC(C)=O. The van der Waals surface area contributed by atoms with E-state index in [0.717, 1.165) is 0 Å². The number of carbonyl (C=O) groups is 10. The largest absolute Gasteiger partial charge is 0.467 e. The minimum absolute atomic E-state index is 0.145. The van der Waals surface area contributed by atoms with E-state index in [1.54, 1.807) is 115 Å². The predicted octanol–water partition coefficient (Wildman–Crippen LogP) is 3.48. The zero-order valence-electron chi connectivity index (χ0n) is 40.8. The van der Waals surface area contributed by atoms with Crippen molar-refractivity contribution >= 4 is 59.4 Å². The molecule has 0 heterocycles. The van der Waals surface area contributed by atoms with E-state index >= 15 is 0 Å². The van der Waals surface area contributed by atoms with Crippen LogP contribution in [0.15, 0.2) is 128 Å². The summed E-state index contributed by atoms with van der Waals surface area (Å²) >= 11 is 0. The van der Waals surface area contributed by atoms with E-state index < -0.39 is 71.9 Å². The molecule has 0 aliphatic rings. The Morgan fingerprint density at radius 1 is 0.380 bits per heavy atom. The molecule has 20 heteroatoms. The molecule has 20 nitrogen and oxygen atoms in total. The van der Waals surface area contributed by atoms with Crippen molar-refractivity contribution in [3.8, 4) is 0 Å². The van der Waals surface area contributed by atoms with Gasteiger partial charge in [0.1, 0.15) is 30.2 Å². The van der Waals surface area contributed by atoms with E-state index in [2.05, 4.69) is 47.4 Å². The lowest BCUT2D eigenvalue weighted by Gasteiger charge is -2.16. The van der Waals surface area contributed by atoms with Crippen LogP contribution in [0.4, 0.5) is 0 Å². The Balaban J connectivity index is 0.000000564. The number of methoxy groups -OCH3 is 5. The van der Waals surface area contributed by atoms with E-state index in [9.17, 15) is 47.9 Å². The first-order valence-corrected chi connectivity index (χ1v) is 21.9. The quantitative estimate of drug-likeness (QED) is 0.0517. The molecule has 382 valence electrons. The molecular formula is C51H63N5O15. The summed E-state index contributed by atoms with van der Waals surface area (Å²) in [5, 5.41) is 12.8. The number of benzene rings is 3. The predicted molar refractivity (Wildman–Crippen MR) is 260 cm³/mol. The van der Waals surface area contributed by atoms with Crippen LogP contribution in [0.1, 0.15) is 77.0 Å². The molecular weight excluding hydrogens is 923 g/mol. The number of nitrogens with one attached hydrogen (secondary N) is 5. The zero-order chi connectivity index (χ0) is 53.1. The van der Waals surface area contributed by atoms with E-state index in [1.807, 2.05) is 6.07 Å². The summed E-state index contributed by atoms with van der Waals surface area (Å²) in [6.45, 7) is 6.13. The van der Waals surface area contributed by atoms with Gasteiger partial charge in [-0.2, -0.15) is 0 Å². The lowest BCUT2D eigenvalue weighted by Crippen LogP contribution is -2.41. The minimum Gasteiger partial charge on any atom is -0.467 e. The van der Waals surface area contributed by atoms with Crippen molar-refractivity contribution in [2.24, 2.45) is 0 Å². The summed E-state index contributed by atoms with van der Waals surface area (Å²) in [6, 6.07) is 21.6. The van der Waals surface area contributed by atoms with Crippen LogP contribution in [-0.2, 0) is 57.2 Å². The van der Waals surface area contributed by atoms with Gasteiger partial charge in [-0.15, -0.1) is 6.58 Å². The van der Waals surface area contributed by atoms with Crippen LogP contribution >= 0.6 is 0 Å². The number of hydrogen-bond acceptors (Lipinski definition) is 15. The fourth-order valence-electron chi connectivity index (χ4n) is 5.86. The van der Waals surface area contributed by atoms with Crippen molar-refractivity contribution in [1.82, 2.24) is 26.6 Å². The molecule has 0 radical (unpaired) electrons. The highest BCUT2D eigenvalue weighted by Gasteiger charge is 2.24. The van der Waals surface area contributed by atoms with E-state index in [0.29, 0.717) is 23.1 Å². The van der Waals surface area contributed by atoms with Crippen molar-refractivity contribution in [2.75, 3.05) is 35.5 Å². The fraction of sp³-hybridized carbons (Fsp3) is 0.333. The van der Waals surface area contributed by atoms with Crippen molar-refractivity contribution in [1.29, 1.82) is 0 Å². The molecule has 0 aromatic heterocycles. The molecule has 0 aliphatic carbocycles. The van der Waals surface area contributed by atoms with Gasteiger partial charge in [-0.1, -0.05) is 85.0 Å². The Hall–Kier alpha value is -8.42. The topological polar surface area (TPSA) is 277 Å². The van der Waals surface area contributed by atoms with Crippen LogP contribution in [0.25, 0.3) is 0 Å².